The summed E-state index contributed by atoms with van der Waals surface area (Å²) in [6.07, 6.45) is 5.17. The van der Waals surface area contributed by atoms with Gasteiger partial charge in [0.1, 0.15) is 5.75 Å². The lowest BCUT2D eigenvalue weighted by molar-refractivity contribution is 0.0733. The number of carbonyl (C=O) groups excluding carboxylic acids is 1. The van der Waals surface area contributed by atoms with E-state index in [-0.39, 0.29) is 5.97 Å². The molecule has 2 aliphatic heterocycles. The number of ether oxygens (including phenoxy) is 2. The van der Waals surface area contributed by atoms with Crippen LogP contribution in [-0.2, 0) is 4.74 Å². The van der Waals surface area contributed by atoms with Crippen molar-refractivity contribution in [1.29, 1.82) is 0 Å². The largest absolute Gasteiger partial charge is 0.423 e. The zero-order chi connectivity index (χ0) is 25.5. The van der Waals surface area contributed by atoms with Crippen molar-refractivity contribution in [2.24, 2.45) is 5.10 Å². The van der Waals surface area contributed by atoms with E-state index in [2.05, 4.69) is 52.9 Å². The Hall–Kier alpha value is -3.32. The number of nitrogens with zero attached hydrogens (tertiary/aromatic N) is 6. The number of hydrazone groups is 1. The molecule has 0 spiro atoms. The molecule has 37 heavy (non-hydrogen) atoms. The maximum Gasteiger partial charge on any atom is 0.344 e. The van der Waals surface area contributed by atoms with Crippen molar-refractivity contribution >= 4 is 52.6 Å². The van der Waals surface area contributed by atoms with E-state index in [1.807, 2.05) is 30.3 Å². The number of hydrogen-bond donors (Lipinski definition) is 1. The lowest BCUT2D eigenvalue weighted by Gasteiger charge is -2.30. The molecule has 0 unspecified atom stereocenters. The Labute approximate surface area is 229 Å². The number of hydrogen-bond acceptors (Lipinski definition) is 10. The van der Waals surface area contributed by atoms with E-state index in [9.17, 15) is 4.79 Å². The van der Waals surface area contributed by atoms with E-state index in [1.165, 1.54) is 6.42 Å². The Morgan fingerprint density at radius 2 is 1.59 bits per heavy atom. The maximum absolute atomic E-state index is 12.4. The van der Waals surface area contributed by atoms with Gasteiger partial charge < -0.3 is 19.3 Å². The summed E-state index contributed by atoms with van der Waals surface area (Å²) >= 11 is 2.12. The molecular formula is C26H28IN7O3. The minimum absolute atomic E-state index is 0.386. The second-order valence-electron chi connectivity index (χ2n) is 8.71. The molecule has 1 aromatic heterocycles. The number of piperidine rings is 1. The van der Waals surface area contributed by atoms with Gasteiger partial charge in [0.2, 0.25) is 17.8 Å². The SMILES string of the molecule is O=C(Oc1ccc(/C=N\Nc2nc(N3CCCCC3)nc(N3CCOCC3)n2)cc1)c1ccccc1I. The topological polar surface area (TPSA) is 105 Å². The van der Waals surface area contributed by atoms with E-state index in [0.717, 1.165) is 48.2 Å². The molecule has 1 N–H and O–H groups in total. The number of esters is 1. The monoisotopic (exact) mass is 613 g/mol. The quantitative estimate of drug-likeness (QED) is 0.139. The fraction of sp³-hybridized carbons (Fsp3) is 0.346. The highest BCUT2D eigenvalue weighted by atomic mass is 127. The van der Waals surface area contributed by atoms with Gasteiger partial charge in [0, 0.05) is 29.7 Å². The predicted molar refractivity (Wildman–Crippen MR) is 151 cm³/mol. The highest BCUT2D eigenvalue weighted by Crippen LogP contribution is 2.21. The van der Waals surface area contributed by atoms with Crippen LogP contribution in [0.25, 0.3) is 0 Å². The molecule has 0 aliphatic carbocycles. The van der Waals surface area contributed by atoms with Crippen LogP contribution in [0.1, 0.15) is 35.2 Å². The number of benzene rings is 2. The predicted octanol–water partition coefficient (Wildman–Crippen LogP) is 3.97. The number of rotatable bonds is 7. The summed E-state index contributed by atoms with van der Waals surface area (Å²) < 4.78 is 11.8. The van der Waals surface area contributed by atoms with Gasteiger partial charge >= 0.3 is 5.97 Å². The summed E-state index contributed by atoms with van der Waals surface area (Å²) in [6.45, 7) is 4.67. The first-order valence-corrected chi connectivity index (χ1v) is 13.4. The third kappa shape index (κ3) is 6.72. The van der Waals surface area contributed by atoms with Crippen molar-refractivity contribution < 1.29 is 14.3 Å². The van der Waals surface area contributed by atoms with Crippen molar-refractivity contribution in [1.82, 2.24) is 15.0 Å². The summed E-state index contributed by atoms with van der Waals surface area (Å²) in [7, 11) is 0. The van der Waals surface area contributed by atoms with Gasteiger partial charge in [-0.1, -0.05) is 12.1 Å². The minimum Gasteiger partial charge on any atom is -0.423 e. The van der Waals surface area contributed by atoms with Gasteiger partial charge in [0.05, 0.1) is 25.0 Å². The van der Waals surface area contributed by atoms with Gasteiger partial charge in [-0.25, -0.2) is 10.2 Å². The van der Waals surface area contributed by atoms with Gasteiger partial charge in [-0.05, 0) is 83.8 Å². The van der Waals surface area contributed by atoms with Crippen molar-refractivity contribution in [3.63, 3.8) is 0 Å². The van der Waals surface area contributed by atoms with Crippen molar-refractivity contribution in [3.8, 4) is 5.75 Å². The molecule has 2 fully saturated rings. The molecule has 0 amide bonds. The highest BCUT2D eigenvalue weighted by Gasteiger charge is 2.20. The van der Waals surface area contributed by atoms with Gasteiger partial charge in [-0.3, -0.25) is 0 Å². The zero-order valence-corrected chi connectivity index (χ0v) is 22.5. The first-order chi connectivity index (χ1) is 18.2. The average molecular weight is 613 g/mol. The molecule has 2 aromatic carbocycles. The molecule has 3 aromatic rings. The molecule has 10 nitrogen and oxygen atoms in total. The second kappa shape index (κ2) is 12.3. The van der Waals surface area contributed by atoms with Crippen LogP contribution >= 0.6 is 22.6 Å². The lowest BCUT2D eigenvalue weighted by atomic mass is 10.1. The molecule has 0 atom stereocenters. The van der Waals surface area contributed by atoms with Crippen LogP contribution in [0.4, 0.5) is 17.8 Å². The van der Waals surface area contributed by atoms with E-state index < -0.39 is 0 Å². The number of nitrogens with one attached hydrogen (secondary N) is 1. The van der Waals surface area contributed by atoms with Crippen molar-refractivity contribution in [3.05, 3.63) is 63.2 Å². The van der Waals surface area contributed by atoms with Gasteiger partial charge in [-0.15, -0.1) is 0 Å². The van der Waals surface area contributed by atoms with Crippen molar-refractivity contribution in [2.45, 2.75) is 19.3 Å². The Morgan fingerprint density at radius 1 is 0.919 bits per heavy atom. The Morgan fingerprint density at radius 3 is 2.30 bits per heavy atom. The molecule has 2 saturated heterocycles. The van der Waals surface area contributed by atoms with E-state index in [1.54, 1.807) is 24.4 Å². The number of aromatic nitrogens is 3. The van der Waals surface area contributed by atoms with Crippen LogP contribution in [-0.4, -0.2) is 66.5 Å². The van der Waals surface area contributed by atoms with E-state index >= 15 is 0 Å². The van der Waals surface area contributed by atoms with Crippen LogP contribution in [0, 0.1) is 3.57 Å². The van der Waals surface area contributed by atoms with Gasteiger partial charge in [0.15, 0.2) is 0 Å². The van der Waals surface area contributed by atoms with E-state index in [0.29, 0.717) is 42.4 Å². The maximum atomic E-state index is 12.4. The molecule has 2 aliphatic rings. The van der Waals surface area contributed by atoms with Crippen molar-refractivity contribution in [2.75, 3.05) is 54.6 Å². The van der Waals surface area contributed by atoms with Gasteiger partial charge in [-0.2, -0.15) is 20.1 Å². The van der Waals surface area contributed by atoms with Crippen LogP contribution in [0.3, 0.4) is 0 Å². The summed E-state index contributed by atoms with van der Waals surface area (Å²) in [5.74, 6) is 1.79. The average Bonchev–Trinajstić information content (AvgIpc) is 2.95. The number of anilines is 3. The minimum atomic E-state index is -0.386. The van der Waals surface area contributed by atoms with E-state index in [4.69, 9.17) is 14.5 Å². The highest BCUT2D eigenvalue weighted by molar-refractivity contribution is 14.1. The normalized spacial score (nSPS) is 16.1. The molecule has 0 bridgehead atoms. The smallest absolute Gasteiger partial charge is 0.344 e. The van der Waals surface area contributed by atoms with Crippen LogP contribution in [0.5, 0.6) is 5.75 Å². The number of morpholine rings is 1. The third-order valence-corrected chi connectivity index (χ3v) is 7.05. The second-order valence-corrected chi connectivity index (χ2v) is 9.88. The Balaban J connectivity index is 1.25. The van der Waals surface area contributed by atoms with Crippen LogP contribution in [0.2, 0.25) is 0 Å². The molecule has 192 valence electrons. The first-order valence-electron chi connectivity index (χ1n) is 12.4. The Bertz CT molecular complexity index is 1210. The summed E-state index contributed by atoms with van der Waals surface area (Å²) in [4.78, 5) is 30.7. The standard InChI is InChI=1S/C26H28IN7O3/c27-22-7-3-2-6-21(22)23(35)37-20-10-8-19(9-11-20)18-28-32-24-29-25(33-12-4-1-5-13-33)31-26(30-24)34-14-16-36-17-15-34/h2-3,6-11,18H,1,4-5,12-17H2,(H,29,30,31,32)/b28-18-. The van der Waals surface area contributed by atoms with Gasteiger partial charge in [0.25, 0.3) is 0 Å². The Kier molecular flexibility index (Phi) is 8.41. The lowest BCUT2D eigenvalue weighted by Crippen LogP contribution is -2.38. The molecule has 0 radical (unpaired) electrons. The van der Waals surface area contributed by atoms with Crippen LogP contribution < -0.4 is 20.0 Å². The molecular weight excluding hydrogens is 585 g/mol. The number of carbonyl (C=O) groups is 1. The summed E-state index contributed by atoms with van der Waals surface area (Å²) in [5, 5.41) is 4.34. The molecule has 0 saturated carbocycles. The fourth-order valence-electron chi connectivity index (χ4n) is 4.12. The molecule has 11 heteroatoms. The fourth-order valence-corrected chi connectivity index (χ4v) is 4.73. The summed E-state index contributed by atoms with van der Waals surface area (Å²) in [5.41, 5.74) is 4.33. The summed E-state index contributed by atoms with van der Waals surface area (Å²) in [6, 6.07) is 14.5. The molecule has 3 heterocycles. The number of halogens is 1. The van der Waals surface area contributed by atoms with Crippen LogP contribution in [0.15, 0.2) is 53.6 Å². The third-order valence-electron chi connectivity index (χ3n) is 6.11. The first kappa shape index (κ1) is 25.3. The zero-order valence-electron chi connectivity index (χ0n) is 20.3. The molecule has 5 rings (SSSR count).